The van der Waals surface area contributed by atoms with E-state index in [-0.39, 0.29) is 18.4 Å². The number of anilines is 1. The average molecular weight is 525 g/mol. The van der Waals surface area contributed by atoms with E-state index in [9.17, 15) is 9.59 Å². The first-order valence-corrected chi connectivity index (χ1v) is 12.7. The lowest BCUT2D eigenvalue weighted by Crippen LogP contribution is -2.62. The van der Waals surface area contributed by atoms with Gasteiger partial charge >= 0.3 is 0 Å². The van der Waals surface area contributed by atoms with Gasteiger partial charge in [0.2, 0.25) is 5.91 Å². The van der Waals surface area contributed by atoms with Crippen molar-refractivity contribution in [1.82, 2.24) is 14.8 Å². The maximum atomic E-state index is 14.6. The van der Waals surface area contributed by atoms with E-state index in [1.807, 2.05) is 48.3 Å². The fourth-order valence-corrected chi connectivity index (χ4v) is 8.19. The molecule has 7 nitrogen and oxygen atoms in total. The summed E-state index contributed by atoms with van der Waals surface area (Å²) in [7, 11) is 3.63. The molecule has 0 aliphatic carbocycles. The lowest BCUT2D eigenvalue weighted by molar-refractivity contribution is -0.139. The molecular formula is C25H21ClN4O3S2. The Morgan fingerprint density at radius 1 is 1.17 bits per heavy atom. The summed E-state index contributed by atoms with van der Waals surface area (Å²) in [4.78, 5) is 38.7. The second-order valence-corrected chi connectivity index (χ2v) is 11.3. The standard InChI is InChI=1S/C25H21ClN4O3S2/c1-28-14-18(19-7-3-4-10-27-19)25(22(32)30(23(34)35-25)13-16-6-5-11-33-16)24(28)17-12-15(26)8-9-20(17)29(2)21(24)31/h3-12,18H,13-14H2,1-2H3/t18-,24+,25-/m0/s1. The van der Waals surface area contributed by atoms with Gasteiger partial charge in [-0.15, -0.1) is 0 Å². The molecule has 2 fully saturated rings. The van der Waals surface area contributed by atoms with Crippen molar-refractivity contribution in [3.05, 3.63) is 83.0 Å². The molecule has 2 amide bonds. The van der Waals surface area contributed by atoms with E-state index in [0.29, 0.717) is 27.2 Å². The highest BCUT2D eigenvalue weighted by Gasteiger charge is 2.78. The van der Waals surface area contributed by atoms with Gasteiger partial charge in [-0.3, -0.25) is 24.4 Å². The monoisotopic (exact) mass is 524 g/mol. The van der Waals surface area contributed by atoms with Crippen molar-refractivity contribution in [2.75, 3.05) is 25.5 Å². The molecule has 6 rings (SSSR count). The average Bonchev–Trinajstić information content (AvgIpc) is 3.57. The fourth-order valence-electron chi connectivity index (χ4n) is 5.91. The van der Waals surface area contributed by atoms with Crippen LogP contribution in [0.3, 0.4) is 0 Å². The predicted octanol–water partition coefficient (Wildman–Crippen LogP) is 4.03. The second kappa shape index (κ2) is 7.89. The summed E-state index contributed by atoms with van der Waals surface area (Å²) >= 11 is 13.5. The van der Waals surface area contributed by atoms with Crippen LogP contribution in [0.2, 0.25) is 5.02 Å². The van der Waals surface area contributed by atoms with Crippen molar-refractivity contribution in [3.63, 3.8) is 0 Å². The van der Waals surface area contributed by atoms with Crippen LogP contribution in [0, 0.1) is 0 Å². The lowest BCUT2D eigenvalue weighted by Gasteiger charge is -2.42. The summed E-state index contributed by atoms with van der Waals surface area (Å²) in [5.74, 6) is -0.183. The third-order valence-electron chi connectivity index (χ3n) is 7.35. The minimum Gasteiger partial charge on any atom is -0.467 e. The quantitative estimate of drug-likeness (QED) is 0.479. The van der Waals surface area contributed by atoms with Crippen molar-refractivity contribution >= 4 is 57.4 Å². The first kappa shape index (κ1) is 22.7. The van der Waals surface area contributed by atoms with Gasteiger partial charge in [-0.05, 0) is 49.5 Å². The molecule has 35 heavy (non-hydrogen) atoms. The van der Waals surface area contributed by atoms with Crippen molar-refractivity contribution < 1.29 is 14.0 Å². The molecule has 1 aromatic carbocycles. The number of amides is 2. The first-order valence-electron chi connectivity index (χ1n) is 11.1. The highest BCUT2D eigenvalue weighted by Crippen LogP contribution is 2.66. The zero-order valence-electron chi connectivity index (χ0n) is 19.0. The highest BCUT2D eigenvalue weighted by atomic mass is 35.5. The van der Waals surface area contributed by atoms with Gasteiger partial charge in [-0.2, -0.15) is 0 Å². The van der Waals surface area contributed by atoms with Gasteiger partial charge in [0, 0.05) is 47.7 Å². The smallest absolute Gasteiger partial charge is 0.254 e. The van der Waals surface area contributed by atoms with Crippen molar-refractivity contribution in [1.29, 1.82) is 0 Å². The lowest BCUT2D eigenvalue weighted by atomic mass is 9.73. The fraction of sp³-hybridized carbons (Fsp3) is 0.280. The number of nitrogens with zero attached hydrogens (tertiary/aromatic N) is 4. The Bertz CT molecular complexity index is 1370. The minimum atomic E-state index is -1.31. The third kappa shape index (κ3) is 2.83. The summed E-state index contributed by atoms with van der Waals surface area (Å²) < 4.78 is 4.66. The van der Waals surface area contributed by atoms with Gasteiger partial charge in [0.25, 0.3) is 5.91 Å². The zero-order chi connectivity index (χ0) is 24.5. The van der Waals surface area contributed by atoms with Crippen LogP contribution >= 0.6 is 35.6 Å². The van der Waals surface area contributed by atoms with Crippen molar-refractivity contribution in [2.24, 2.45) is 0 Å². The Kier molecular flexibility index (Phi) is 5.12. The summed E-state index contributed by atoms with van der Waals surface area (Å²) in [6.45, 7) is 0.638. The van der Waals surface area contributed by atoms with Gasteiger partial charge in [-0.25, -0.2) is 0 Å². The number of likely N-dealkylation sites (tertiary alicyclic amines) is 1. The molecule has 3 aromatic rings. The van der Waals surface area contributed by atoms with Crippen LogP contribution in [-0.2, 0) is 21.7 Å². The molecule has 3 atom stereocenters. The van der Waals surface area contributed by atoms with Gasteiger partial charge in [-0.1, -0.05) is 41.6 Å². The van der Waals surface area contributed by atoms with Crippen LogP contribution in [0.5, 0.6) is 0 Å². The van der Waals surface area contributed by atoms with Crippen molar-refractivity contribution in [2.45, 2.75) is 22.7 Å². The number of furan rings is 1. The van der Waals surface area contributed by atoms with Crippen LogP contribution in [-0.4, -0.2) is 56.3 Å². The Hall–Kier alpha value is -2.72. The molecule has 178 valence electrons. The number of halogens is 1. The van der Waals surface area contributed by atoms with Crippen LogP contribution in [0.25, 0.3) is 0 Å². The molecule has 0 unspecified atom stereocenters. The Labute approximate surface area is 217 Å². The number of fused-ring (bicyclic) bond motifs is 3. The molecule has 5 heterocycles. The largest absolute Gasteiger partial charge is 0.467 e. The van der Waals surface area contributed by atoms with Gasteiger partial charge in [0.15, 0.2) is 5.54 Å². The molecular weight excluding hydrogens is 504 g/mol. The summed E-state index contributed by atoms with van der Waals surface area (Å²) in [6, 6.07) is 14.6. The number of hydrogen-bond acceptors (Lipinski definition) is 7. The zero-order valence-corrected chi connectivity index (χ0v) is 21.4. The number of carbonyl (C=O) groups is 2. The summed E-state index contributed by atoms with van der Waals surface area (Å²) in [5, 5.41) is 0.501. The van der Waals surface area contributed by atoms with Crippen molar-refractivity contribution in [3.8, 4) is 0 Å². The molecule has 0 N–H and O–H groups in total. The van der Waals surface area contributed by atoms with Crippen LogP contribution in [0.1, 0.15) is 22.9 Å². The summed E-state index contributed by atoms with van der Waals surface area (Å²) in [6.07, 6.45) is 3.28. The van der Waals surface area contributed by atoms with Crippen LogP contribution in [0.4, 0.5) is 5.69 Å². The Morgan fingerprint density at radius 2 is 2.00 bits per heavy atom. The number of hydrogen-bond donors (Lipinski definition) is 0. The third-order valence-corrected chi connectivity index (χ3v) is 9.53. The number of rotatable bonds is 3. The molecule has 10 heteroatoms. The van der Waals surface area contributed by atoms with Crippen LogP contribution < -0.4 is 4.90 Å². The molecule has 0 saturated carbocycles. The number of pyridine rings is 1. The van der Waals surface area contributed by atoms with E-state index in [1.54, 1.807) is 41.4 Å². The Morgan fingerprint density at radius 3 is 2.71 bits per heavy atom. The van der Waals surface area contributed by atoms with Gasteiger partial charge in [0.1, 0.15) is 14.8 Å². The minimum absolute atomic E-state index is 0.181. The van der Waals surface area contributed by atoms with E-state index in [4.69, 9.17) is 28.2 Å². The van der Waals surface area contributed by atoms with E-state index in [2.05, 4.69) is 4.98 Å². The van der Waals surface area contributed by atoms with E-state index in [0.717, 1.165) is 11.4 Å². The summed E-state index contributed by atoms with van der Waals surface area (Å²) in [5.41, 5.74) is 0.872. The maximum absolute atomic E-state index is 14.6. The molecule has 3 aliphatic rings. The van der Waals surface area contributed by atoms with E-state index >= 15 is 0 Å². The highest BCUT2D eigenvalue weighted by molar-refractivity contribution is 8.25. The Balaban J connectivity index is 1.62. The molecule has 0 bridgehead atoms. The number of aromatic nitrogens is 1. The van der Waals surface area contributed by atoms with E-state index in [1.165, 1.54) is 11.8 Å². The number of carbonyl (C=O) groups excluding carboxylic acids is 2. The molecule has 0 radical (unpaired) electrons. The molecule has 2 spiro atoms. The normalized spacial score (nSPS) is 28.2. The van der Waals surface area contributed by atoms with Gasteiger partial charge < -0.3 is 9.32 Å². The maximum Gasteiger partial charge on any atom is 0.254 e. The second-order valence-electron chi connectivity index (χ2n) is 9.00. The number of thioether (sulfide) groups is 1. The predicted molar refractivity (Wildman–Crippen MR) is 138 cm³/mol. The SMILES string of the molecule is CN1C(=O)[C@@]2(c3cc(Cl)ccc31)N(C)C[C@@H](c1ccccn1)[C@@]21SC(=S)N(Cc2ccco2)C1=O. The molecule has 2 aromatic heterocycles. The number of likely N-dealkylation sites (N-methyl/N-ethyl adjacent to an activating group) is 2. The molecule has 2 saturated heterocycles. The first-order chi connectivity index (χ1) is 16.8. The van der Waals surface area contributed by atoms with Gasteiger partial charge in [0.05, 0.1) is 12.8 Å². The topological polar surface area (TPSA) is 69.9 Å². The number of thiocarbonyl (C=S) groups is 1. The van der Waals surface area contributed by atoms with E-state index < -0.39 is 16.2 Å². The molecule has 3 aliphatic heterocycles. The van der Waals surface area contributed by atoms with Crippen LogP contribution in [0.15, 0.2) is 65.4 Å². The number of benzene rings is 1.